The molecule has 1 unspecified atom stereocenters. The molecular weight excluding hydrogens is 240 g/mol. The first-order valence-corrected chi connectivity index (χ1v) is 7.63. The van der Waals surface area contributed by atoms with E-state index in [4.69, 9.17) is 0 Å². The number of fused-ring (bicyclic) bond motifs is 5. The molecule has 0 amide bonds. The molecule has 5 rings (SSSR count). The van der Waals surface area contributed by atoms with Crippen molar-refractivity contribution < 1.29 is 0 Å². The van der Waals surface area contributed by atoms with Crippen LogP contribution in [0.3, 0.4) is 0 Å². The molecule has 98 valence electrons. The lowest BCUT2D eigenvalue weighted by atomic mass is 9.75. The summed E-state index contributed by atoms with van der Waals surface area (Å²) in [5, 5.41) is 0. The Hall–Kier alpha value is -1.82. The van der Waals surface area contributed by atoms with E-state index in [1.54, 1.807) is 11.1 Å². The van der Waals surface area contributed by atoms with Crippen molar-refractivity contribution in [1.29, 1.82) is 0 Å². The minimum atomic E-state index is 0.270. The summed E-state index contributed by atoms with van der Waals surface area (Å²) in [6, 6.07) is 18.1. The molecule has 2 spiro atoms. The van der Waals surface area contributed by atoms with Crippen LogP contribution >= 0.6 is 0 Å². The molecular formula is C20H18. The average molecular weight is 258 g/mol. The van der Waals surface area contributed by atoms with E-state index in [2.05, 4.69) is 55.1 Å². The lowest BCUT2D eigenvalue weighted by molar-refractivity contribution is 0.492. The van der Waals surface area contributed by atoms with Gasteiger partial charge in [0.15, 0.2) is 0 Å². The Morgan fingerprint density at radius 3 is 1.85 bits per heavy atom. The third-order valence-electron chi connectivity index (χ3n) is 6.02. The van der Waals surface area contributed by atoms with Gasteiger partial charge in [0.1, 0.15) is 0 Å². The Balaban J connectivity index is 1.79. The zero-order valence-electron chi connectivity index (χ0n) is 11.7. The van der Waals surface area contributed by atoms with Crippen LogP contribution in [-0.4, -0.2) is 0 Å². The minimum Gasteiger partial charge on any atom is -0.0993 e. The van der Waals surface area contributed by atoms with E-state index in [1.807, 2.05) is 0 Å². The van der Waals surface area contributed by atoms with Crippen LogP contribution < -0.4 is 0 Å². The topological polar surface area (TPSA) is 0 Å². The van der Waals surface area contributed by atoms with Gasteiger partial charge in [-0.05, 0) is 53.4 Å². The van der Waals surface area contributed by atoms with Crippen molar-refractivity contribution in [1.82, 2.24) is 0 Å². The van der Waals surface area contributed by atoms with E-state index in [1.165, 1.54) is 42.4 Å². The summed E-state index contributed by atoms with van der Waals surface area (Å²) in [5.74, 6) is 0. The van der Waals surface area contributed by atoms with E-state index < -0.39 is 0 Å². The van der Waals surface area contributed by atoms with Crippen LogP contribution in [0.25, 0.3) is 11.1 Å². The third-order valence-corrected chi connectivity index (χ3v) is 6.02. The van der Waals surface area contributed by atoms with Gasteiger partial charge in [-0.1, -0.05) is 60.7 Å². The number of rotatable bonds is 0. The van der Waals surface area contributed by atoms with Crippen LogP contribution in [0, 0.1) is 5.41 Å². The molecule has 0 saturated heterocycles. The maximum atomic E-state index is 4.27. The highest BCUT2D eigenvalue weighted by atomic mass is 14.6. The second-order valence-electron chi connectivity index (χ2n) is 6.91. The van der Waals surface area contributed by atoms with Gasteiger partial charge in [0, 0.05) is 5.41 Å². The number of benzene rings is 2. The first kappa shape index (κ1) is 10.9. The lowest BCUT2D eigenvalue weighted by Crippen LogP contribution is -2.21. The third kappa shape index (κ3) is 1.10. The van der Waals surface area contributed by atoms with Gasteiger partial charge >= 0.3 is 0 Å². The quantitative estimate of drug-likeness (QED) is 0.578. The molecule has 2 saturated carbocycles. The first-order chi connectivity index (χ1) is 9.75. The highest BCUT2D eigenvalue weighted by molar-refractivity contribution is 5.81. The van der Waals surface area contributed by atoms with E-state index >= 15 is 0 Å². The second-order valence-corrected chi connectivity index (χ2v) is 6.91. The Morgan fingerprint density at radius 2 is 1.35 bits per heavy atom. The standard InChI is InChI=1S/C20H18/c1-14-12-19(14)10-11-20(13-19)17-8-4-2-6-15(17)16-7-3-5-9-18(16)20/h2-9H,1,10-13H2. The largest absolute Gasteiger partial charge is 0.0993 e. The van der Waals surface area contributed by atoms with Crippen molar-refractivity contribution in [2.75, 3.05) is 0 Å². The van der Waals surface area contributed by atoms with Crippen molar-refractivity contribution in [3.8, 4) is 11.1 Å². The molecule has 20 heavy (non-hydrogen) atoms. The number of hydrogen-bond donors (Lipinski definition) is 0. The summed E-state index contributed by atoms with van der Waals surface area (Å²) >= 11 is 0. The number of hydrogen-bond acceptors (Lipinski definition) is 0. The molecule has 0 radical (unpaired) electrons. The van der Waals surface area contributed by atoms with Crippen LogP contribution in [-0.2, 0) is 5.41 Å². The van der Waals surface area contributed by atoms with Gasteiger partial charge < -0.3 is 0 Å². The van der Waals surface area contributed by atoms with Crippen LogP contribution in [0.4, 0.5) is 0 Å². The van der Waals surface area contributed by atoms with Crippen molar-refractivity contribution in [2.24, 2.45) is 5.41 Å². The summed E-state index contributed by atoms with van der Waals surface area (Å²) in [6.07, 6.45) is 5.17. The van der Waals surface area contributed by atoms with Crippen LogP contribution in [0.2, 0.25) is 0 Å². The fourth-order valence-corrected chi connectivity index (χ4v) is 4.90. The predicted octanol–water partition coefficient (Wildman–Crippen LogP) is 5.08. The van der Waals surface area contributed by atoms with E-state index in [9.17, 15) is 0 Å². The summed E-state index contributed by atoms with van der Waals surface area (Å²) in [7, 11) is 0. The Bertz CT molecular complexity index is 707. The minimum absolute atomic E-state index is 0.270. The highest BCUT2D eigenvalue weighted by Crippen LogP contribution is 2.70. The molecule has 3 aliphatic carbocycles. The summed E-state index contributed by atoms with van der Waals surface area (Å²) in [5.41, 5.74) is 8.31. The number of allylic oxidation sites excluding steroid dienone is 1. The van der Waals surface area contributed by atoms with Gasteiger partial charge in [-0.3, -0.25) is 0 Å². The normalized spacial score (nSPS) is 27.9. The molecule has 0 heterocycles. The molecule has 0 aromatic heterocycles. The molecule has 0 bridgehead atoms. The Morgan fingerprint density at radius 1 is 0.800 bits per heavy atom. The molecule has 0 nitrogen and oxygen atoms in total. The Labute approximate surface area is 120 Å². The average Bonchev–Trinajstić information content (AvgIpc) is 2.86. The van der Waals surface area contributed by atoms with Crippen LogP contribution in [0.15, 0.2) is 60.7 Å². The Kier molecular flexibility index (Phi) is 1.77. The molecule has 0 N–H and O–H groups in total. The molecule has 2 aromatic carbocycles. The van der Waals surface area contributed by atoms with Crippen molar-refractivity contribution >= 4 is 0 Å². The summed E-state index contributed by atoms with van der Waals surface area (Å²) in [6.45, 7) is 4.27. The van der Waals surface area contributed by atoms with Gasteiger partial charge in [0.2, 0.25) is 0 Å². The van der Waals surface area contributed by atoms with Crippen LogP contribution in [0.5, 0.6) is 0 Å². The van der Waals surface area contributed by atoms with Gasteiger partial charge in [-0.2, -0.15) is 0 Å². The summed E-state index contributed by atoms with van der Waals surface area (Å²) < 4.78 is 0. The van der Waals surface area contributed by atoms with Crippen molar-refractivity contribution in [2.45, 2.75) is 31.1 Å². The zero-order chi connectivity index (χ0) is 13.4. The van der Waals surface area contributed by atoms with Crippen molar-refractivity contribution in [3.63, 3.8) is 0 Å². The lowest BCUT2D eigenvalue weighted by Gasteiger charge is -2.27. The molecule has 0 heteroatoms. The van der Waals surface area contributed by atoms with Crippen molar-refractivity contribution in [3.05, 3.63) is 71.8 Å². The fraction of sp³-hybridized carbons (Fsp3) is 0.300. The molecule has 1 atom stereocenters. The van der Waals surface area contributed by atoms with E-state index in [0.717, 1.165) is 0 Å². The van der Waals surface area contributed by atoms with Gasteiger partial charge in [-0.25, -0.2) is 0 Å². The fourth-order valence-electron chi connectivity index (χ4n) is 4.90. The van der Waals surface area contributed by atoms with E-state index in [0.29, 0.717) is 5.41 Å². The summed E-state index contributed by atoms with van der Waals surface area (Å²) in [4.78, 5) is 0. The maximum absolute atomic E-state index is 4.27. The van der Waals surface area contributed by atoms with Gasteiger partial charge in [-0.15, -0.1) is 0 Å². The molecule has 2 aromatic rings. The van der Waals surface area contributed by atoms with Gasteiger partial charge in [0.25, 0.3) is 0 Å². The van der Waals surface area contributed by atoms with Gasteiger partial charge in [0.05, 0.1) is 0 Å². The zero-order valence-corrected chi connectivity index (χ0v) is 11.7. The SMILES string of the molecule is C=C1CC12CCC1(C2)c2ccccc2-c2ccccc21. The predicted molar refractivity (Wildman–Crippen MR) is 82.7 cm³/mol. The highest BCUT2D eigenvalue weighted by Gasteiger charge is 2.60. The van der Waals surface area contributed by atoms with E-state index in [-0.39, 0.29) is 5.41 Å². The second kappa shape index (κ2) is 3.25. The molecule has 0 aliphatic heterocycles. The monoisotopic (exact) mass is 258 g/mol. The molecule has 2 fully saturated rings. The van der Waals surface area contributed by atoms with Crippen LogP contribution in [0.1, 0.15) is 36.8 Å². The smallest absolute Gasteiger partial charge is 0.0224 e. The maximum Gasteiger partial charge on any atom is 0.0224 e. The first-order valence-electron chi connectivity index (χ1n) is 7.63. The molecule has 3 aliphatic rings.